The molecule has 66 heavy (non-hydrogen) atoms. The maximum atomic E-state index is 14.2. The average molecular weight is 993 g/mol. The van der Waals surface area contributed by atoms with Crippen LogP contribution in [0.3, 0.4) is 0 Å². The molecule has 0 atom stereocenters. The number of benzene rings is 6. The van der Waals surface area contributed by atoms with E-state index in [2.05, 4.69) is 0 Å². The molecule has 356 valence electrons. The molecule has 6 nitrogen and oxygen atoms in total. The molecule has 16 heteroatoms. The first-order valence-electron chi connectivity index (χ1n) is 20.6. The average Bonchev–Trinajstić information content (AvgIpc) is 3.24. The molecule has 0 aromatic heterocycles. The van der Waals surface area contributed by atoms with E-state index in [1.165, 1.54) is 0 Å². The van der Waals surface area contributed by atoms with Crippen LogP contribution in [0.25, 0.3) is 0 Å². The van der Waals surface area contributed by atoms with Gasteiger partial charge < -0.3 is 0 Å². The van der Waals surface area contributed by atoms with Crippen molar-refractivity contribution in [3.05, 3.63) is 180 Å². The molecule has 0 saturated heterocycles. The van der Waals surface area contributed by atoms with E-state index in [0.717, 1.165) is 0 Å². The number of hydrogen-bond donors (Lipinski definition) is 0. The van der Waals surface area contributed by atoms with Gasteiger partial charge in [0.1, 0.15) is 0 Å². The first-order chi connectivity index (χ1) is 30.4. The highest BCUT2D eigenvalue weighted by molar-refractivity contribution is 8.33. The summed E-state index contributed by atoms with van der Waals surface area (Å²) in [4.78, 5) is 2.32. The predicted molar refractivity (Wildman–Crippen MR) is 252 cm³/mol. The zero-order chi connectivity index (χ0) is 49.2. The Hall–Kier alpha value is -4.58. The number of rotatable bonds is 10. The number of halogens is 6. The van der Waals surface area contributed by atoms with E-state index in [4.69, 9.17) is 7.26 Å². The molecule has 0 aliphatic rings. The van der Waals surface area contributed by atoms with E-state index in [-0.39, 0.29) is 0 Å². The molecule has 0 spiro atoms. The molecule has 0 aliphatic heterocycles. The Bertz CT molecular complexity index is 2580. The molecule has 0 amide bonds. The molecule has 6 aromatic rings. The predicted octanol–water partition coefficient (Wildman–Crippen LogP) is 15.4. The lowest BCUT2D eigenvalue weighted by Crippen LogP contribution is -2.30. The van der Waals surface area contributed by atoms with Gasteiger partial charge in [0, 0.05) is 29.4 Å². The smallest absolute Gasteiger partial charge is 0.200 e. The summed E-state index contributed by atoms with van der Waals surface area (Å²) in [7, 11) is -18.6. The Kier molecular flexibility index (Phi) is 15.2. The molecule has 6 rings (SSSR count). The summed E-state index contributed by atoms with van der Waals surface area (Å²) in [6.45, 7) is 17.6. The van der Waals surface area contributed by atoms with E-state index >= 15 is 0 Å². The van der Waals surface area contributed by atoms with Crippen molar-refractivity contribution in [2.45, 2.75) is 119 Å². The number of alkyl halides is 6. The molecule has 0 aliphatic carbocycles. The molecule has 0 bridgehead atoms. The van der Waals surface area contributed by atoms with Gasteiger partial charge in [-0.2, -0.15) is 50.4 Å². The van der Waals surface area contributed by atoms with E-state index < -0.39 is 68.1 Å². The van der Waals surface area contributed by atoms with Crippen LogP contribution in [0.15, 0.2) is 193 Å². The summed E-state index contributed by atoms with van der Waals surface area (Å²) in [6, 6.07) is 45.7. The standard InChI is InChI=1S/C31H39F3O3S2.C19H15F3O3S2/c1-28(2,3)22-16-10-13-19-25(22)38(37-39(35,36)31(32,33)34,26-20-14-11-17-23(26)29(4,5)6)27-21-15-12-18-24(27)30(7,8)9;20-19(21,22)27(23,24)25-26(16-10-4-1-5-11-16,17-12-6-2-7-13-17)18-14-8-3-9-15-18/h10-21H,1-9H3;1-15H. The maximum absolute atomic E-state index is 14.2. The van der Waals surface area contributed by atoms with Crippen molar-refractivity contribution in [1.29, 1.82) is 0 Å². The van der Waals surface area contributed by atoms with Crippen LogP contribution >= 0.6 is 20.6 Å². The van der Waals surface area contributed by atoms with Crippen molar-refractivity contribution in [3.8, 4) is 0 Å². The summed E-state index contributed by atoms with van der Waals surface area (Å²) in [5.74, 6) is 0. The lowest BCUT2D eigenvalue weighted by atomic mass is 9.87. The molecular weight excluding hydrogens is 939 g/mol. The van der Waals surface area contributed by atoms with Gasteiger partial charge in [-0.1, -0.05) is 172 Å². The lowest BCUT2D eigenvalue weighted by molar-refractivity contribution is -0.0501. The van der Waals surface area contributed by atoms with Crippen LogP contribution in [-0.2, 0) is 43.7 Å². The largest absolute Gasteiger partial charge is 0.524 e. The fourth-order valence-corrected chi connectivity index (χ4v) is 17.8. The minimum Gasteiger partial charge on any atom is -0.200 e. The van der Waals surface area contributed by atoms with Crippen LogP contribution in [0.4, 0.5) is 26.3 Å². The minimum atomic E-state index is -6.05. The lowest BCUT2D eigenvalue weighted by Gasteiger charge is -2.46. The summed E-state index contributed by atoms with van der Waals surface area (Å²) < 4.78 is 144. The van der Waals surface area contributed by atoms with Gasteiger partial charge in [0.2, 0.25) is 0 Å². The fraction of sp³-hybridized carbons (Fsp3) is 0.280. The third-order valence-corrected chi connectivity index (χ3v) is 20.1. The van der Waals surface area contributed by atoms with Crippen LogP contribution in [-0.4, -0.2) is 27.9 Å². The van der Waals surface area contributed by atoms with E-state index in [1.807, 2.05) is 98.7 Å². The van der Waals surface area contributed by atoms with Crippen molar-refractivity contribution < 1.29 is 50.4 Å². The highest BCUT2D eigenvalue weighted by atomic mass is 32.3. The second kappa shape index (κ2) is 19.2. The second-order valence-electron chi connectivity index (χ2n) is 18.2. The van der Waals surface area contributed by atoms with Crippen molar-refractivity contribution >= 4 is 40.9 Å². The van der Waals surface area contributed by atoms with Gasteiger partial charge in [-0.25, -0.2) is 0 Å². The zero-order valence-corrected chi connectivity index (χ0v) is 41.2. The van der Waals surface area contributed by atoms with E-state index in [0.29, 0.717) is 46.1 Å². The van der Waals surface area contributed by atoms with E-state index in [9.17, 15) is 43.2 Å². The minimum absolute atomic E-state index is 0.343. The second-order valence-corrected chi connectivity index (χ2v) is 27.0. The van der Waals surface area contributed by atoms with Gasteiger partial charge in [-0.05, 0) is 108 Å². The topological polar surface area (TPSA) is 86.7 Å². The summed E-state index contributed by atoms with van der Waals surface area (Å²) in [5, 5.41) is 0. The molecule has 0 saturated carbocycles. The molecule has 6 aromatic carbocycles. The highest BCUT2D eigenvalue weighted by Gasteiger charge is 2.55. The molecule has 0 fully saturated rings. The van der Waals surface area contributed by atoms with Crippen LogP contribution in [0.5, 0.6) is 0 Å². The SMILES string of the molecule is CC(C)(C)c1ccccc1S(OS(=O)(=O)C(F)(F)F)(c1ccccc1C(C)(C)C)c1ccccc1C(C)(C)C.O=S(=O)(OS(c1ccccc1)(c1ccccc1)c1ccccc1)C(F)(F)F. The monoisotopic (exact) mass is 992 g/mol. The Morgan fingerprint density at radius 1 is 0.318 bits per heavy atom. The van der Waals surface area contributed by atoms with Crippen molar-refractivity contribution in [2.24, 2.45) is 0 Å². The van der Waals surface area contributed by atoms with Crippen LogP contribution in [0, 0.1) is 0 Å². The van der Waals surface area contributed by atoms with Crippen molar-refractivity contribution in [1.82, 2.24) is 0 Å². The zero-order valence-electron chi connectivity index (χ0n) is 37.9. The number of hydrogen-bond acceptors (Lipinski definition) is 6. The van der Waals surface area contributed by atoms with Crippen molar-refractivity contribution in [2.75, 3.05) is 0 Å². The van der Waals surface area contributed by atoms with Gasteiger partial charge >= 0.3 is 31.3 Å². The fourth-order valence-electron chi connectivity index (χ4n) is 7.18. The Morgan fingerprint density at radius 3 is 0.758 bits per heavy atom. The van der Waals surface area contributed by atoms with Crippen LogP contribution in [0.1, 0.15) is 79.0 Å². The molecule has 0 N–H and O–H groups in total. The summed E-state index contributed by atoms with van der Waals surface area (Å²) >= 11 is 0. The maximum Gasteiger partial charge on any atom is 0.524 e. The Labute approximate surface area is 388 Å². The summed E-state index contributed by atoms with van der Waals surface area (Å²) in [5.41, 5.74) is -10.6. The van der Waals surface area contributed by atoms with Gasteiger partial charge in [-0.15, -0.1) is 0 Å². The molecular formula is C50H54F6O6S4. The highest BCUT2D eigenvalue weighted by Crippen LogP contribution is 2.75. The first kappa shape index (κ1) is 52.4. The van der Waals surface area contributed by atoms with Gasteiger partial charge in [0.25, 0.3) is 0 Å². The van der Waals surface area contributed by atoms with Crippen LogP contribution < -0.4 is 0 Å². The normalized spacial score (nSPS) is 13.9. The first-order valence-corrected chi connectivity index (χ1v) is 26.5. The Morgan fingerprint density at radius 2 is 0.530 bits per heavy atom. The van der Waals surface area contributed by atoms with E-state index in [1.54, 1.807) is 127 Å². The quantitative estimate of drug-likeness (QED) is 0.100. The third kappa shape index (κ3) is 10.9. The Balaban J connectivity index is 0.000000264. The summed E-state index contributed by atoms with van der Waals surface area (Å²) in [6.07, 6.45) is 0. The molecule has 0 unspecified atom stereocenters. The van der Waals surface area contributed by atoms with Gasteiger partial charge in [0.15, 0.2) is 0 Å². The van der Waals surface area contributed by atoms with Crippen molar-refractivity contribution in [3.63, 3.8) is 0 Å². The van der Waals surface area contributed by atoms with Gasteiger partial charge in [-0.3, -0.25) is 0 Å². The van der Waals surface area contributed by atoms with Crippen LogP contribution in [0.2, 0.25) is 0 Å². The third-order valence-electron chi connectivity index (χ3n) is 10.2. The molecule has 0 radical (unpaired) electrons. The van der Waals surface area contributed by atoms with Gasteiger partial charge in [0.05, 0.1) is 0 Å². The molecule has 0 heterocycles.